The van der Waals surface area contributed by atoms with Gasteiger partial charge < -0.3 is 29.8 Å². The van der Waals surface area contributed by atoms with E-state index >= 15 is 0 Å². The third kappa shape index (κ3) is 3.67. The Morgan fingerprint density at radius 1 is 1.18 bits per heavy atom. The van der Waals surface area contributed by atoms with Crippen LogP contribution >= 0.6 is 0 Å². The molecule has 0 aliphatic carbocycles. The summed E-state index contributed by atoms with van der Waals surface area (Å²) in [4.78, 5) is 4.86. The highest BCUT2D eigenvalue weighted by molar-refractivity contribution is 5.41. The summed E-state index contributed by atoms with van der Waals surface area (Å²) in [5, 5.41) is 10.3. The van der Waals surface area contributed by atoms with E-state index in [1.165, 1.54) is 14.2 Å². The molecule has 1 aromatic carbocycles. The van der Waals surface area contributed by atoms with E-state index in [2.05, 4.69) is 0 Å². The van der Waals surface area contributed by atoms with Crippen molar-refractivity contribution in [2.24, 2.45) is 5.90 Å². The highest BCUT2D eigenvalue weighted by Crippen LogP contribution is 2.27. The van der Waals surface area contributed by atoms with Gasteiger partial charge in [0.05, 0.1) is 6.61 Å². The molecule has 1 fully saturated rings. The first-order chi connectivity index (χ1) is 10.6. The minimum absolute atomic E-state index is 0.243. The predicted molar refractivity (Wildman–Crippen MR) is 77.9 cm³/mol. The van der Waals surface area contributed by atoms with E-state index in [9.17, 15) is 5.11 Å². The van der Waals surface area contributed by atoms with Crippen LogP contribution in [0, 0.1) is 0 Å². The van der Waals surface area contributed by atoms with E-state index in [0.29, 0.717) is 11.4 Å². The lowest BCUT2D eigenvalue weighted by Crippen LogP contribution is -2.62. The van der Waals surface area contributed by atoms with Gasteiger partial charge in [0.25, 0.3) is 0 Å². The molecular weight excluding hydrogens is 292 g/mol. The van der Waals surface area contributed by atoms with Crippen LogP contribution in [0.25, 0.3) is 0 Å². The van der Waals surface area contributed by atoms with Crippen LogP contribution in [-0.4, -0.2) is 56.6 Å². The zero-order chi connectivity index (χ0) is 16.1. The second-order valence-corrected chi connectivity index (χ2v) is 4.98. The Hall–Kier alpha value is -1.42. The van der Waals surface area contributed by atoms with Crippen LogP contribution in [0.3, 0.4) is 0 Å². The third-order valence-corrected chi connectivity index (χ3v) is 3.51. The molecule has 0 radical (unpaired) electrons. The third-order valence-electron chi connectivity index (χ3n) is 3.51. The Morgan fingerprint density at radius 2 is 1.86 bits per heavy atom. The number of ether oxygens (including phenoxy) is 4. The molecular formula is C14H22N2O6. The molecule has 0 spiro atoms. The second-order valence-electron chi connectivity index (χ2n) is 4.98. The fourth-order valence-electron chi connectivity index (χ4n) is 2.41. The number of rotatable bonds is 6. The van der Waals surface area contributed by atoms with Crippen LogP contribution < -0.4 is 16.4 Å². The van der Waals surface area contributed by atoms with Crippen molar-refractivity contribution in [2.75, 3.05) is 26.6 Å². The zero-order valence-electron chi connectivity index (χ0n) is 12.5. The lowest BCUT2D eigenvalue weighted by molar-refractivity contribution is -0.292. The van der Waals surface area contributed by atoms with Gasteiger partial charge >= 0.3 is 0 Å². The first-order valence-corrected chi connectivity index (χ1v) is 6.83. The van der Waals surface area contributed by atoms with E-state index in [1.54, 1.807) is 24.3 Å². The average molecular weight is 314 g/mol. The molecule has 124 valence electrons. The molecule has 1 saturated heterocycles. The van der Waals surface area contributed by atoms with Gasteiger partial charge in [0.1, 0.15) is 30.2 Å². The number of nitrogens with two attached hydrogens (primary N) is 2. The maximum atomic E-state index is 10.3. The van der Waals surface area contributed by atoms with E-state index in [1.807, 2.05) is 0 Å². The number of hydrogen-bond donors (Lipinski definition) is 3. The Balaban J connectivity index is 2.14. The monoisotopic (exact) mass is 314 g/mol. The van der Waals surface area contributed by atoms with Crippen LogP contribution in [0.2, 0.25) is 0 Å². The van der Waals surface area contributed by atoms with Crippen molar-refractivity contribution in [3.8, 4) is 5.75 Å². The Bertz CT molecular complexity index is 457. The van der Waals surface area contributed by atoms with Gasteiger partial charge in [-0.2, -0.15) is 0 Å². The molecule has 5 atom stereocenters. The smallest absolute Gasteiger partial charge is 0.229 e. The number of hydrogen-bond acceptors (Lipinski definition) is 8. The van der Waals surface area contributed by atoms with E-state index in [4.69, 9.17) is 35.4 Å². The van der Waals surface area contributed by atoms with Gasteiger partial charge in [-0.1, -0.05) is 0 Å². The number of aliphatic hydroxyl groups is 1. The predicted octanol–water partition coefficient (Wildman–Crippen LogP) is -0.346. The van der Waals surface area contributed by atoms with E-state index in [-0.39, 0.29) is 6.61 Å². The number of aliphatic hydroxyl groups excluding tert-OH is 1. The summed E-state index contributed by atoms with van der Waals surface area (Å²) >= 11 is 0. The molecule has 8 nitrogen and oxygen atoms in total. The summed E-state index contributed by atoms with van der Waals surface area (Å²) in [6.45, 7) is 0.243. The fourth-order valence-corrected chi connectivity index (χ4v) is 2.41. The molecule has 0 aromatic heterocycles. The van der Waals surface area contributed by atoms with Gasteiger partial charge in [-0.05, 0) is 24.3 Å². The molecule has 1 aliphatic heterocycles. The molecule has 1 heterocycles. The van der Waals surface area contributed by atoms with Crippen LogP contribution in [0.1, 0.15) is 0 Å². The molecule has 5 N–H and O–H groups in total. The van der Waals surface area contributed by atoms with E-state index in [0.717, 1.165) is 0 Å². The number of nitrogen functional groups attached to an aromatic ring is 1. The van der Waals surface area contributed by atoms with Crippen molar-refractivity contribution in [1.82, 2.24) is 0 Å². The van der Waals surface area contributed by atoms with Crippen molar-refractivity contribution in [3.05, 3.63) is 24.3 Å². The molecule has 1 aromatic rings. The zero-order valence-corrected chi connectivity index (χ0v) is 12.5. The van der Waals surface area contributed by atoms with Gasteiger partial charge in [-0.15, -0.1) is 0 Å². The van der Waals surface area contributed by atoms with Gasteiger partial charge in [0.2, 0.25) is 6.29 Å². The van der Waals surface area contributed by atoms with Crippen LogP contribution in [0.5, 0.6) is 5.75 Å². The minimum Gasteiger partial charge on any atom is -0.462 e. The van der Waals surface area contributed by atoms with Crippen molar-refractivity contribution < 1.29 is 28.9 Å². The van der Waals surface area contributed by atoms with Gasteiger partial charge in [-0.25, -0.2) is 5.90 Å². The summed E-state index contributed by atoms with van der Waals surface area (Å²) in [5.74, 6) is 5.79. The molecule has 0 amide bonds. The molecule has 2 rings (SSSR count). The summed E-state index contributed by atoms with van der Waals surface area (Å²) < 4.78 is 21.8. The number of anilines is 1. The highest BCUT2D eigenvalue weighted by Gasteiger charge is 2.47. The number of methoxy groups -OCH3 is 2. The Kier molecular flexibility index (Phi) is 5.95. The van der Waals surface area contributed by atoms with Crippen LogP contribution in [-0.2, 0) is 19.0 Å². The second kappa shape index (κ2) is 7.73. The lowest BCUT2D eigenvalue weighted by atomic mass is 9.99. The largest absolute Gasteiger partial charge is 0.462 e. The van der Waals surface area contributed by atoms with Crippen molar-refractivity contribution in [2.45, 2.75) is 30.7 Å². The molecule has 0 unspecified atom stereocenters. The topological polar surface area (TPSA) is 118 Å². The van der Waals surface area contributed by atoms with Gasteiger partial charge in [0.15, 0.2) is 0 Å². The summed E-state index contributed by atoms with van der Waals surface area (Å²) in [6.07, 6.45) is -3.97. The van der Waals surface area contributed by atoms with Crippen molar-refractivity contribution in [1.29, 1.82) is 0 Å². The van der Waals surface area contributed by atoms with Crippen LogP contribution in [0.4, 0.5) is 5.69 Å². The average Bonchev–Trinajstić information content (AvgIpc) is 2.52. The molecule has 0 bridgehead atoms. The maximum Gasteiger partial charge on any atom is 0.229 e. The first kappa shape index (κ1) is 16.9. The summed E-state index contributed by atoms with van der Waals surface area (Å²) in [6, 6.07) is 6.73. The van der Waals surface area contributed by atoms with Crippen molar-refractivity contribution >= 4 is 5.69 Å². The quantitative estimate of drug-likeness (QED) is 0.482. The molecule has 22 heavy (non-hydrogen) atoms. The molecule has 0 saturated carbocycles. The Labute approximate surface area is 128 Å². The summed E-state index contributed by atoms with van der Waals surface area (Å²) in [5.41, 5.74) is 6.23. The minimum atomic E-state index is -1.12. The van der Waals surface area contributed by atoms with Gasteiger partial charge in [-0.3, -0.25) is 4.84 Å². The van der Waals surface area contributed by atoms with Crippen molar-refractivity contribution in [3.63, 3.8) is 0 Å². The van der Waals surface area contributed by atoms with Crippen LogP contribution in [0.15, 0.2) is 24.3 Å². The Morgan fingerprint density at radius 3 is 2.41 bits per heavy atom. The fraction of sp³-hybridized carbons (Fsp3) is 0.571. The standard InChI is InChI=1S/C14H22N2O6/c1-18-7-10-12(19-2)13(22-16)11(17)14(21-10)20-9-5-3-8(15)4-6-9/h3-6,10-14,17H,7,15-16H2,1-2H3/t10-,11-,12+,13-,14-/m1/s1. The SMILES string of the molecule is COC[C@H]1O[C@@H](Oc2ccc(N)cc2)[C@H](O)[C@@H](ON)[C@H]1OC. The summed E-state index contributed by atoms with van der Waals surface area (Å²) in [7, 11) is 3.02. The normalized spacial score (nSPS) is 31.9. The molecule has 8 heteroatoms. The lowest BCUT2D eigenvalue weighted by Gasteiger charge is -2.42. The van der Waals surface area contributed by atoms with E-state index < -0.39 is 30.7 Å². The first-order valence-electron chi connectivity index (χ1n) is 6.83. The number of benzene rings is 1. The highest BCUT2D eigenvalue weighted by atomic mass is 16.7. The maximum absolute atomic E-state index is 10.3. The molecule has 1 aliphatic rings. The van der Waals surface area contributed by atoms with Gasteiger partial charge in [0, 0.05) is 19.9 Å².